The van der Waals surface area contributed by atoms with Crippen molar-refractivity contribution in [1.82, 2.24) is 0 Å². The van der Waals surface area contributed by atoms with Crippen LogP contribution < -0.4 is 0 Å². The Labute approximate surface area is 109 Å². The molecular formula is C15H13F3O. The molecule has 0 saturated heterocycles. The molecule has 0 radical (unpaired) electrons. The Bertz CT molecular complexity index is 575. The van der Waals surface area contributed by atoms with Crippen LogP contribution in [0.1, 0.15) is 16.7 Å². The van der Waals surface area contributed by atoms with E-state index in [-0.39, 0.29) is 5.75 Å². The lowest BCUT2D eigenvalue weighted by Crippen LogP contribution is -2.04. The van der Waals surface area contributed by atoms with Crippen molar-refractivity contribution >= 4 is 0 Å². The smallest absolute Gasteiger partial charge is 0.416 e. The highest BCUT2D eigenvalue weighted by Crippen LogP contribution is 2.33. The maximum Gasteiger partial charge on any atom is 0.416 e. The summed E-state index contributed by atoms with van der Waals surface area (Å²) in [6, 6.07) is 8.51. The summed E-state index contributed by atoms with van der Waals surface area (Å²) in [5.74, 6) is 0.218. The molecule has 1 nitrogen and oxygen atoms in total. The fourth-order valence-electron chi connectivity index (χ4n) is 1.97. The largest absolute Gasteiger partial charge is 0.507 e. The quantitative estimate of drug-likeness (QED) is 0.793. The molecule has 2 aromatic carbocycles. The number of halogens is 3. The molecule has 0 saturated carbocycles. The number of rotatable bonds is 1. The molecule has 0 spiro atoms. The van der Waals surface area contributed by atoms with Gasteiger partial charge in [-0.2, -0.15) is 13.2 Å². The number of aromatic hydroxyl groups is 1. The van der Waals surface area contributed by atoms with Crippen molar-refractivity contribution in [3.8, 4) is 16.9 Å². The van der Waals surface area contributed by atoms with E-state index < -0.39 is 11.7 Å². The summed E-state index contributed by atoms with van der Waals surface area (Å²) in [5.41, 5.74) is 2.23. The molecule has 0 aliphatic carbocycles. The molecular weight excluding hydrogens is 253 g/mol. The van der Waals surface area contributed by atoms with E-state index in [1.807, 2.05) is 0 Å². The number of alkyl halides is 3. The molecule has 2 aromatic rings. The first-order chi connectivity index (χ1) is 8.79. The van der Waals surface area contributed by atoms with Gasteiger partial charge in [0.05, 0.1) is 5.56 Å². The van der Waals surface area contributed by atoms with E-state index >= 15 is 0 Å². The van der Waals surface area contributed by atoms with Crippen LogP contribution in [0.15, 0.2) is 36.4 Å². The molecule has 0 heterocycles. The van der Waals surface area contributed by atoms with Crippen LogP contribution in [-0.2, 0) is 6.18 Å². The molecule has 0 unspecified atom stereocenters. The molecule has 0 aliphatic rings. The van der Waals surface area contributed by atoms with Crippen LogP contribution in [0.2, 0.25) is 0 Å². The summed E-state index contributed by atoms with van der Waals surface area (Å²) >= 11 is 0. The van der Waals surface area contributed by atoms with Gasteiger partial charge in [-0.15, -0.1) is 0 Å². The average molecular weight is 266 g/mol. The summed E-state index contributed by atoms with van der Waals surface area (Å²) in [4.78, 5) is 0. The molecule has 4 heteroatoms. The highest BCUT2D eigenvalue weighted by Gasteiger charge is 2.29. The highest BCUT2D eigenvalue weighted by atomic mass is 19.4. The minimum absolute atomic E-state index is 0.218. The molecule has 0 amide bonds. The van der Waals surface area contributed by atoms with E-state index in [1.165, 1.54) is 12.1 Å². The van der Waals surface area contributed by atoms with Gasteiger partial charge in [-0.3, -0.25) is 0 Å². The zero-order valence-electron chi connectivity index (χ0n) is 10.5. The molecule has 0 atom stereocenters. The predicted molar refractivity (Wildman–Crippen MR) is 68.0 cm³/mol. The zero-order chi connectivity index (χ0) is 14.2. The Hall–Kier alpha value is -1.97. The van der Waals surface area contributed by atoms with E-state index in [9.17, 15) is 18.3 Å². The first-order valence-corrected chi connectivity index (χ1v) is 5.77. The standard InChI is InChI=1S/C15H13F3O/c1-9-7-12(8-10(2)14(9)19)11-3-5-13(6-4-11)15(16,17)18/h3-8,19H,1-2H3. The van der Waals surface area contributed by atoms with Gasteiger partial charge in [0.15, 0.2) is 0 Å². The SMILES string of the molecule is Cc1cc(-c2ccc(C(F)(F)F)cc2)cc(C)c1O. The van der Waals surface area contributed by atoms with Gasteiger partial charge in [-0.25, -0.2) is 0 Å². The number of hydrogen-bond acceptors (Lipinski definition) is 1. The van der Waals surface area contributed by atoms with Gasteiger partial charge in [0.25, 0.3) is 0 Å². The van der Waals surface area contributed by atoms with Crippen LogP contribution in [0, 0.1) is 13.8 Å². The van der Waals surface area contributed by atoms with E-state index in [0.29, 0.717) is 16.7 Å². The first kappa shape index (κ1) is 13.5. The van der Waals surface area contributed by atoms with Crippen LogP contribution >= 0.6 is 0 Å². The van der Waals surface area contributed by atoms with E-state index in [2.05, 4.69) is 0 Å². The van der Waals surface area contributed by atoms with E-state index in [1.54, 1.807) is 26.0 Å². The Kier molecular flexibility index (Phi) is 3.27. The third-order valence-electron chi connectivity index (χ3n) is 3.04. The second-order valence-corrected chi connectivity index (χ2v) is 4.53. The molecule has 0 bridgehead atoms. The van der Waals surface area contributed by atoms with Gasteiger partial charge in [0.1, 0.15) is 5.75 Å². The van der Waals surface area contributed by atoms with Gasteiger partial charge in [-0.05, 0) is 60.4 Å². The highest BCUT2D eigenvalue weighted by molar-refractivity contribution is 5.67. The van der Waals surface area contributed by atoms with Crippen LogP contribution in [0.3, 0.4) is 0 Å². The number of phenolic OH excluding ortho intramolecular Hbond substituents is 1. The fourth-order valence-corrected chi connectivity index (χ4v) is 1.97. The van der Waals surface area contributed by atoms with Crippen molar-refractivity contribution in [3.05, 3.63) is 53.1 Å². The summed E-state index contributed by atoms with van der Waals surface area (Å²) in [7, 11) is 0. The average Bonchev–Trinajstić information content (AvgIpc) is 2.34. The summed E-state index contributed by atoms with van der Waals surface area (Å²) in [5, 5.41) is 9.68. The van der Waals surface area contributed by atoms with Crippen LogP contribution in [0.25, 0.3) is 11.1 Å². The zero-order valence-corrected chi connectivity index (χ0v) is 10.5. The predicted octanol–water partition coefficient (Wildman–Crippen LogP) is 4.69. The molecule has 100 valence electrons. The van der Waals surface area contributed by atoms with Gasteiger partial charge < -0.3 is 5.11 Å². The Morgan fingerprint density at radius 3 is 1.74 bits per heavy atom. The van der Waals surface area contributed by atoms with Crippen molar-refractivity contribution < 1.29 is 18.3 Å². The lowest BCUT2D eigenvalue weighted by atomic mass is 9.99. The van der Waals surface area contributed by atoms with Gasteiger partial charge >= 0.3 is 6.18 Å². The van der Waals surface area contributed by atoms with Crippen molar-refractivity contribution in [1.29, 1.82) is 0 Å². The molecule has 2 rings (SSSR count). The molecule has 0 fully saturated rings. The van der Waals surface area contributed by atoms with Crippen molar-refractivity contribution in [3.63, 3.8) is 0 Å². The number of hydrogen-bond donors (Lipinski definition) is 1. The fraction of sp³-hybridized carbons (Fsp3) is 0.200. The monoisotopic (exact) mass is 266 g/mol. The number of aryl methyl sites for hydroxylation is 2. The van der Waals surface area contributed by atoms with Crippen LogP contribution in [-0.4, -0.2) is 5.11 Å². The van der Waals surface area contributed by atoms with E-state index in [4.69, 9.17) is 0 Å². The number of phenols is 1. The molecule has 19 heavy (non-hydrogen) atoms. The molecule has 0 aliphatic heterocycles. The maximum atomic E-state index is 12.5. The lowest BCUT2D eigenvalue weighted by Gasteiger charge is -2.10. The van der Waals surface area contributed by atoms with Gasteiger partial charge in [0.2, 0.25) is 0 Å². The summed E-state index contributed by atoms with van der Waals surface area (Å²) in [6.45, 7) is 3.52. The maximum absolute atomic E-state index is 12.5. The Morgan fingerprint density at radius 1 is 0.842 bits per heavy atom. The third-order valence-corrected chi connectivity index (χ3v) is 3.04. The molecule has 0 aromatic heterocycles. The second kappa shape index (κ2) is 4.61. The first-order valence-electron chi connectivity index (χ1n) is 5.77. The van der Waals surface area contributed by atoms with Gasteiger partial charge in [0, 0.05) is 0 Å². The normalized spacial score (nSPS) is 11.6. The lowest BCUT2D eigenvalue weighted by molar-refractivity contribution is -0.137. The summed E-state index contributed by atoms with van der Waals surface area (Å²) < 4.78 is 37.4. The van der Waals surface area contributed by atoms with E-state index in [0.717, 1.165) is 17.7 Å². The minimum Gasteiger partial charge on any atom is -0.507 e. The second-order valence-electron chi connectivity index (χ2n) is 4.53. The minimum atomic E-state index is -4.32. The Morgan fingerprint density at radius 2 is 1.32 bits per heavy atom. The summed E-state index contributed by atoms with van der Waals surface area (Å²) in [6.07, 6.45) is -4.32. The topological polar surface area (TPSA) is 20.2 Å². The van der Waals surface area contributed by atoms with Crippen molar-refractivity contribution in [2.75, 3.05) is 0 Å². The molecule has 1 N–H and O–H groups in total. The van der Waals surface area contributed by atoms with Crippen molar-refractivity contribution in [2.45, 2.75) is 20.0 Å². The number of benzene rings is 2. The van der Waals surface area contributed by atoms with Gasteiger partial charge in [-0.1, -0.05) is 12.1 Å². The van der Waals surface area contributed by atoms with Crippen LogP contribution in [0.5, 0.6) is 5.75 Å². The Balaban J connectivity index is 2.43. The van der Waals surface area contributed by atoms with Crippen molar-refractivity contribution in [2.24, 2.45) is 0 Å². The van der Waals surface area contributed by atoms with Crippen LogP contribution in [0.4, 0.5) is 13.2 Å². The third kappa shape index (κ3) is 2.72.